The van der Waals surface area contributed by atoms with Crippen LogP contribution in [0.25, 0.3) is 0 Å². The highest BCUT2D eigenvalue weighted by atomic mass is 16.5. The lowest BCUT2D eigenvalue weighted by Gasteiger charge is -2.50. The van der Waals surface area contributed by atoms with E-state index in [2.05, 4.69) is 43.0 Å². The third-order valence-corrected chi connectivity index (χ3v) is 6.05. The van der Waals surface area contributed by atoms with Crippen molar-refractivity contribution in [2.75, 3.05) is 39.9 Å². The Balaban J connectivity index is 1.59. The van der Waals surface area contributed by atoms with E-state index in [1.165, 1.54) is 11.1 Å². The minimum absolute atomic E-state index is 0.0254. The van der Waals surface area contributed by atoms with Crippen LogP contribution in [0.15, 0.2) is 24.3 Å². The number of rotatable bonds is 6. The predicted octanol–water partition coefficient (Wildman–Crippen LogP) is 2.32. The van der Waals surface area contributed by atoms with Crippen LogP contribution in [0.5, 0.6) is 0 Å². The van der Waals surface area contributed by atoms with Crippen molar-refractivity contribution >= 4 is 5.91 Å². The van der Waals surface area contributed by atoms with Gasteiger partial charge >= 0.3 is 0 Å². The van der Waals surface area contributed by atoms with E-state index in [0.717, 1.165) is 32.5 Å². The number of likely N-dealkylation sites (tertiary alicyclic amines) is 2. The predicted molar refractivity (Wildman–Crippen MR) is 106 cm³/mol. The summed E-state index contributed by atoms with van der Waals surface area (Å²) in [6.45, 7) is 8.52. The molecule has 1 aromatic carbocycles. The number of carbonyl (C=O) groups is 1. The summed E-state index contributed by atoms with van der Waals surface area (Å²) < 4.78 is 4.99. The van der Waals surface area contributed by atoms with Crippen molar-refractivity contribution in [2.45, 2.75) is 45.3 Å². The number of nitrogens with zero attached hydrogens (tertiary/aromatic N) is 2. The van der Waals surface area contributed by atoms with Crippen molar-refractivity contribution in [1.29, 1.82) is 0 Å². The molecule has 1 aromatic rings. The maximum atomic E-state index is 12.2. The van der Waals surface area contributed by atoms with Gasteiger partial charge in [-0.1, -0.05) is 38.1 Å². The van der Waals surface area contributed by atoms with Gasteiger partial charge in [0, 0.05) is 45.8 Å². The Hall–Kier alpha value is -1.43. The Kier molecular flexibility index (Phi) is 6.56. The molecule has 0 unspecified atom stereocenters. The largest absolute Gasteiger partial charge is 0.389 e. The van der Waals surface area contributed by atoms with E-state index in [4.69, 9.17) is 4.74 Å². The zero-order chi connectivity index (χ0) is 19.4. The van der Waals surface area contributed by atoms with E-state index in [9.17, 15) is 9.90 Å². The van der Waals surface area contributed by atoms with Crippen LogP contribution in [0.4, 0.5) is 0 Å². The van der Waals surface area contributed by atoms with Crippen LogP contribution >= 0.6 is 0 Å². The Morgan fingerprint density at radius 3 is 2.52 bits per heavy atom. The second-order valence-corrected chi connectivity index (χ2v) is 8.72. The number of fused-ring (bicyclic) bond motifs is 1. The van der Waals surface area contributed by atoms with Gasteiger partial charge in [0.1, 0.15) is 6.61 Å². The average Bonchev–Trinajstić information content (AvgIpc) is 2.63. The first-order valence-electron chi connectivity index (χ1n) is 10.2. The molecule has 0 radical (unpaired) electrons. The molecule has 0 spiro atoms. The number of ether oxygens (including phenoxy) is 1. The standard InChI is InChI=1S/C22H34N2O3/c1-17(2)12-18-4-6-19(7-5-18)13-23-10-8-22(26)9-11-24(15-20(22)14-23)21(25)16-27-3/h4-7,17,20,26H,8-16H2,1-3H3/t20-,22-/m1/s1. The molecule has 0 aliphatic carbocycles. The molecule has 1 N–H and O–H groups in total. The third kappa shape index (κ3) is 5.09. The summed E-state index contributed by atoms with van der Waals surface area (Å²) >= 11 is 0. The van der Waals surface area contributed by atoms with Crippen molar-refractivity contribution in [3.8, 4) is 0 Å². The van der Waals surface area contributed by atoms with Crippen LogP contribution in [-0.2, 0) is 22.5 Å². The molecular formula is C22H34N2O3. The van der Waals surface area contributed by atoms with Crippen LogP contribution < -0.4 is 0 Å². The molecule has 2 aliphatic heterocycles. The van der Waals surface area contributed by atoms with Gasteiger partial charge in [0.25, 0.3) is 0 Å². The lowest BCUT2D eigenvalue weighted by atomic mass is 9.75. The van der Waals surface area contributed by atoms with E-state index in [0.29, 0.717) is 25.4 Å². The van der Waals surface area contributed by atoms with E-state index < -0.39 is 5.60 Å². The van der Waals surface area contributed by atoms with Crippen LogP contribution in [0.3, 0.4) is 0 Å². The SMILES string of the molecule is COCC(=O)N1CC[C@]2(O)CCN(Cc3ccc(CC(C)C)cc3)C[C@@H]2C1. The maximum absolute atomic E-state index is 12.2. The Morgan fingerprint density at radius 2 is 1.85 bits per heavy atom. The van der Waals surface area contributed by atoms with Gasteiger partial charge < -0.3 is 14.7 Å². The quantitative estimate of drug-likeness (QED) is 0.830. The fraction of sp³-hybridized carbons (Fsp3) is 0.682. The number of aliphatic hydroxyl groups is 1. The molecule has 3 rings (SSSR count). The summed E-state index contributed by atoms with van der Waals surface area (Å²) in [6, 6.07) is 8.93. The number of methoxy groups -OCH3 is 1. The lowest BCUT2D eigenvalue weighted by Crippen LogP contribution is -2.60. The van der Waals surface area contributed by atoms with Crippen molar-refractivity contribution in [1.82, 2.24) is 9.80 Å². The topological polar surface area (TPSA) is 53.0 Å². The smallest absolute Gasteiger partial charge is 0.248 e. The lowest BCUT2D eigenvalue weighted by molar-refractivity contribution is -0.150. The Bertz CT molecular complexity index is 631. The van der Waals surface area contributed by atoms with E-state index in [1.807, 2.05) is 4.90 Å². The number of piperidine rings is 2. The first-order chi connectivity index (χ1) is 12.9. The molecule has 2 atom stereocenters. The fourth-order valence-corrected chi connectivity index (χ4v) is 4.47. The van der Waals surface area contributed by atoms with Crippen LogP contribution in [0, 0.1) is 11.8 Å². The van der Waals surface area contributed by atoms with Gasteiger partial charge in [0.05, 0.1) is 5.60 Å². The number of hydrogen-bond acceptors (Lipinski definition) is 4. The molecule has 2 aliphatic rings. The van der Waals surface area contributed by atoms with E-state index in [1.54, 1.807) is 7.11 Å². The molecule has 2 heterocycles. The number of benzene rings is 1. The van der Waals surface area contributed by atoms with Crippen molar-refractivity contribution in [3.63, 3.8) is 0 Å². The van der Waals surface area contributed by atoms with Gasteiger partial charge in [-0.3, -0.25) is 9.69 Å². The van der Waals surface area contributed by atoms with Gasteiger partial charge in [-0.25, -0.2) is 0 Å². The summed E-state index contributed by atoms with van der Waals surface area (Å²) in [6.07, 6.45) is 2.57. The minimum Gasteiger partial charge on any atom is -0.389 e. The molecule has 0 saturated carbocycles. The average molecular weight is 375 g/mol. The maximum Gasteiger partial charge on any atom is 0.248 e. The van der Waals surface area contributed by atoms with Gasteiger partial charge in [0.2, 0.25) is 5.91 Å². The third-order valence-electron chi connectivity index (χ3n) is 6.05. The molecule has 5 nitrogen and oxygen atoms in total. The van der Waals surface area contributed by atoms with Crippen molar-refractivity contribution < 1.29 is 14.6 Å². The number of amides is 1. The molecule has 2 fully saturated rings. The normalized spacial score (nSPS) is 26.3. The molecular weight excluding hydrogens is 340 g/mol. The molecule has 0 aromatic heterocycles. The van der Waals surface area contributed by atoms with Crippen molar-refractivity contribution in [3.05, 3.63) is 35.4 Å². The molecule has 27 heavy (non-hydrogen) atoms. The monoisotopic (exact) mass is 374 g/mol. The second kappa shape index (κ2) is 8.72. The summed E-state index contributed by atoms with van der Waals surface area (Å²) in [5.74, 6) is 0.809. The molecule has 5 heteroatoms. The Morgan fingerprint density at radius 1 is 1.19 bits per heavy atom. The fourth-order valence-electron chi connectivity index (χ4n) is 4.47. The molecule has 1 amide bonds. The van der Waals surface area contributed by atoms with Gasteiger partial charge in [-0.05, 0) is 36.3 Å². The minimum atomic E-state index is -0.624. The summed E-state index contributed by atoms with van der Waals surface area (Å²) in [5, 5.41) is 11.0. The summed E-state index contributed by atoms with van der Waals surface area (Å²) in [5.41, 5.74) is 2.08. The first-order valence-corrected chi connectivity index (χ1v) is 10.2. The molecule has 2 saturated heterocycles. The van der Waals surface area contributed by atoms with Crippen LogP contribution in [0.2, 0.25) is 0 Å². The van der Waals surface area contributed by atoms with Crippen LogP contribution in [-0.4, -0.2) is 66.3 Å². The van der Waals surface area contributed by atoms with Crippen molar-refractivity contribution in [2.24, 2.45) is 11.8 Å². The number of carbonyl (C=O) groups excluding carboxylic acids is 1. The van der Waals surface area contributed by atoms with Gasteiger partial charge in [0.15, 0.2) is 0 Å². The summed E-state index contributed by atoms with van der Waals surface area (Å²) in [7, 11) is 1.55. The zero-order valence-corrected chi connectivity index (χ0v) is 17.0. The van der Waals surface area contributed by atoms with Crippen LogP contribution in [0.1, 0.15) is 37.8 Å². The molecule has 150 valence electrons. The van der Waals surface area contributed by atoms with Gasteiger partial charge in [-0.2, -0.15) is 0 Å². The highest BCUT2D eigenvalue weighted by Crippen LogP contribution is 2.36. The number of hydrogen-bond donors (Lipinski definition) is 1. The first kappa shape index (κ1) is 20.3. The molecule has 0 bridgehead atoms. The highest BCUT2D eigenvalue weighted by molar-refractivity contribution is 5.77. The van der Waals surface area contributed by atoms with Gasteiger partial charge in [-0.15, -0.1) is 0 Å². The van der Waals surface area contributed by atoms with E-state index >= 15 is 0 Å². The highest BCUT2D eigenvalue weighted by Gasteiger charge is 2.45. The Labute approximate surface area is 163 Å². The van der Waals surface area contributed by atoms with E-state index in [-0.39, 0.29) is 18.4 Å². The summed E-state index contributed by atoms with van der Waals surface area (Å²) in [4.78, 5) is 16.4. The zero-order valence-electron chi connectivity index (χ0n) is 17.0. The second-order valence-electron chi connectivity index (χ2n) is 8.72.